The summed E-state index contributed by atoms with van der Waals surface area (Å²) in [5.41, 5.74) is 12.8. The van der Waals surface area contributed by atoms with Crippen molar-refractivity contribution < 1.29 is 4.42 Å². The van der Waals surface area contributed by atoms with Gasteiger partial charge in [-0.15, -0.1) is 0 Å². The molecule has 0 radical (unpaired) electrons. The van der Waals surface area contributed by atoms with E-state index in [4.69, 9.17) is 9.40 Å². The van der Waals surface area contributed by atoms with E-state index in [2.05, 4.69) is 187 Å². The maximum atomic E-state index is 6.48. The first-order chi connectivity index (χ1) is 27.8. The van der Waals surface area contributed by atoms with Crippen LogP contribution in [0.5, 0.6) is 0 Å². The van der Waals surface area contributed by atoms with Crippen LogP contribution >= 0.6 is 0 Å². The summed E-state index contributed by atoms with van der Waals surface area (Å²) in [6.45, 7) is 0. The second-order valence-corrected chi connectivity index (χ2v) is 14.3. The highest BCUT2D eigenvalue weighted by atomic mass is 16.3. The Balaban J connectivity index is 1.12. The summed E-state index contributed by atoms with van der Waals surface area (Å²) in [5, 5.41) is 8.06. The van der Waals surface area contributed by atoms with E-state index < -0.39 is 0 Å². The van der Waals surface area contributed by atoms with Crippen molar-refractivity contribution in [3.8, 4) is 33.4 Å². The van der Waals surface area contributed by atoms with Gasteiger partial charge < -0.3 is 9.32 Å². The van der Waals surface area contributed by atoms with Gasteiger partial charge in [-0.1, -0.05) is 152 Å². The molecule has 0 saturated heterocycles. The molecule has 0 amide bonds. The van der Waals surface area contributed by atoms with E-state index in [1.807, 2.05) is 24.4 Å². The lowest BCUT2D eigenvalue weighted by molar-refractivity contribution is 0.671. The molecule has 3 heteroatoms. The molecule has 0 fully saturated rings. The number of aromatic nitrogens is 1. The first-order valence-corrected chi connectivity index (χ1v) is 19.0. The summed E-state index contributed by atoms with van der Waals surface area (Å²) >= 11 is 0. The summed E-state index contributed by atoms with van der Waals surface area (Å²) in [6, 6.07) is 71.7. The fourth-order valence-corrected chi connectivity index (χ4v) is 8.49. The van der Waals surface area contributed by atoms with Gasteiger partial charge in [-0.25, -0.2) is 0 Å². The van der Waals surface area contributed by atoms with Gasteiger partial charge in [0, 0.05) is 33.7 Å². The van der Waals surface area contributed by atoms with E-state index in [0.717, 1.165) is 49.9 Å². The molecule has 56 heavy (non-hydrogen) atoms. The molecule has 0 N–H and O–H groups in total. The molecule has 0 aliphatic rings. The van der Waals surface area contributed by atoms with Gasteiger partial charge in [0.2, 0.25) is 0 Å². The van der Waals surface area contributed by atoms with E-state index in [0.29, 0.717) is 0 Å². The lowest BCUT2D eigenvalue weighted by Gasteiger charge is -2.27. The Morgan fingerprint density at radius 2 is 1.00 bits per heavy atom. The van der Waals surface area contributed by atoms with Crippen LogP contribution in [-0.2, 0) is 0 Å². The van der Waals surface area contributed by atoms with E-state index in [-0.39, 0.29) is 0 Å². The van der Waals surface area contributed by atoms with Crippen LogP contribution in [0.1, 0.15) is 0 Å². The monoisotopic (exact) mass is 714 g/mol. The van der Waals surface area contributed by atoms with Crippen LogP contribution in [0.2, 0.25) is 0 Å². The molecule has 0 unspecified atom stereocenters. The standard InChI is InChI=1S/C53H34N2O/c1-2-12-36(13-3-1)45-32-27-37-15-5-7-18-44(37)51(45)39-25-30-41(31-26-39)55(40-28-23-38(24-29-40)43-20-10-16-35-14-4-6-17-42(35)43)49-34-48-46-19-8-9-22-50(46)56-53(48)52-47(49)21-11-33-54-52/h1-34H. The van der Waals surface area contributed by atoms with Crippen molar-refractivity contribution >= 4 is 71.4 Å². The summed E-state index contributed by atoms with van der Waals surface area (Å²) in [6.07, 6.45) is 1.85. The van der Waals surface area contributed by atoms with Crippen LogP contribution in [0.15, 0.2) is 211 Å². The SMILES string of the molecule is c1ccc(-c2ccc3ccccc3c2-c2ccc(N(c3ccc(-c4cccc5ccccc45)cc3)c3cc4c5ccccc5oc4c4ncccc34)cc2)cc1. The van der Waals surface area contributed by atoms with E-state index in [1.165, 1.54) is 54.9 Å². The largest absolute Gasteiger partial charge is 0.454 e. The Labute approximate surface area is 324 Å². The number of benzene rings is 9. The van der Waals surface area contributed by atoms with Gasteiger partial charge in [0.25, 0.3) is 0 Å². The van der Waals surface area contributed by atoms with Gasteiger partial charge in [0.15, 0.2) is 5.58 Å². The summed E-state index contributed by atoms with van der Waals surface area (Å²) in [4.78, 5) is 7.28. The lowest BCUT2D eigenvalue weighted by atomic mass is 9.89. The van der Waals surface area contributed by atoms with Crippen LogP contribution in [-0.4, -0.2) is 4.98 Å². The molecule has 0 aliphatic carbocycles. The Morgan fingerprint density at radius 1 is 0.393 bits per heavy atom. The number of para-hydroxylation sites is 1. The number of hydrogen-bond acceptors (Lipinski definition) is 3. The quantitative estimate of drug-likeness (QED) is 0.172. The second-order valence-electron chi connectivity index (χ2n) is 14.3. The zero-order valence-electron chi connectivity index (χ0n) is 30.4. The number of pyridine rings is 1. The zero-order chi connectivity index (χ0) is 37.0. The minimum Gasteiger partial charge on any atom is -0.454 e. The number of furan rings is 1. The van der Waals surface area contributed by atoms with Crippen LogP contribution < -0.4 is 4.90 Å². The molecular weight excluding hydrogens is 681 g/mol. The molecule has 0 spiro atoms. The van der Waals surface area contributed by atoms with Gasteiger partial charge in [0.1, 0.15) is 11.1 Å². The Hall–Kier alpha value is -7.49. The number of rotatable bonds is 6. The number of anilines is 3. The first-order valence-electron chi connectivity index (χ1n) is 19.0. The highest BCUT2D eigenvalue weighted by Crippen LogP contribution is 2.46. The van der Waals surface area contributed by atoms with Crippen molar-refractivity contribution in [1.82, 2.24) is 4.98 Å². The predicted molar refractivity (Wildman–Crippen MR) is 235 cm³/mol. The van der Waals surface area contributed by atoms with Gasteiger partial charge >= 0.3 is 0 Å². The fraction of sp³-hybridized carbons (Fsp3) is 0. The molecule has 2 aromatic heterocycles. The minimum atomic E-state index is 0.802. The molecule has 0 aliphatic heterocycles. The maximum Gasteiger partial charge on any atom is 0.161 e. The molecule has 0 saturated carbocycles. The van der Waals surface area contributed by atoms with E-state index in [9.17, 15) is 0 Å². The minimum absolute atomic E-state index is 0.802. The summed E-state index contributed by atoms with van der Waals surface area (Å²) in [5.74, 6) is 0. The second kappa shape index (κ2) is 13.1. The fourth-order valence-electron chi connectivity index (χ4n) is 8.49. The summed E-state index contributed by atoms with van der Waals surface area (Å²) < 4.78 is 6.48. The van der Waals surface area contributed by atoms with Crippen molar-refractivity contribution in [2.45, 2.75) is 0 Å². The molecule has 3 nitrogen and oxygen atoms in total. The third-order valence-electron chi connectivity index (χ3n) is 11.1. The molecule has 0 bridgehead atoms. The Bertz CT molecular complexity index is 3230. The predicted octanol–water partition coefficient (Wildman–Crippen LogP) is 14.9. The van der Waals surface area contributed by atoms with Crippen molar-refractivity contribution in [3.05, 3.63) is 206 Å². The van der Waals surface area contributed by atoms with Crippen molar-refractivity contribution in [2.75, 3.05) is 4.90 Å². The maximum absolute atomic E-state index is 6.48. The molecular formula is C53H34N2O. The lowest BCUT2D eigenvalue weighted by Crippen LogP contribution is -2.10. The number of hydrogen-bond donors (Lipinski definition) is 0. The Morgan fingerprint density at radius 3 is 1.79 bits per heavy atom. The third-order valence-corrected chi connectivity index (χ3v) is 11.1. The van der Waals surface area contributed by atoms with E-state index in [1.54, 1.807) is 0 Å². The topological polar surface area (TPSA) is 29.3 Å². The average molecular weight is 715 g/mol. The Kier molecular flexibility index (Phi) is 7.49. The van der Waals surface area contributed by atoms with Gasteiger partial charge in [-0.3, -0.25) is 4.98 Å². The summed E-state index contributed by atoms with van der Waals surface area (Å²) in [7, 11) is 0. The van der Waals surface area contributed by atoms with Crippen LogP contribution in [0.3, 0.4) is 0 Å². The van der Waals surface area contributed by atoms with Gasteiger partial charge in [-0.2, -0.15) is 0 Å². The van der Waals surface area contributed by atoms with Crippen molar-refractivity contribution in [2.24, 2.45) is 0 Å². The van der Waals surface area contributed by atoms with Gasteiger partial charge in [-0.05, 0) is 103 Å². The van der Waals surface area contributed by atoms with Crippen LogP contribution in [0.25, 0.3) is 87.8 Å². The molecule has 11 aromatic rings. The zero-order valence-corrected chi connectivity index (χ0v) is 30.4. The van der Waals surface area contributed by atoms with Gasteiger partial charge in [0.05, 0.1) is 5.69 Å². The van der Waals surface area contributed by atoms with Crippen LogP contribution in [0, 0.1) is 0 Å². The molecule has 11 rings (SSSR count). The normalized spacial score (nSPS) is 11.6. The van der Waals surface area contributed by atoms with E-state index >= 15 is 0 Å². The van der Waals surface area contributed by atoms with Crippen molar-refractivity contribution in [1.29, 1.82) is 0 Å². The molecule has 9 aromatic carbocycles. The van der Waals surface area contributed by atoms with Crippen LogP contribution in [0.4, 0.5) is 17.1 Å². The van der Waals surface area contributed by atoms with Crippen molar-refractivity contribution in [3.63, 3.8) is 0 Å². The first kappa shape index (κ1) is 32.0. The third kappa shape index (κ3) is 5.25. The highest BCUT2D eigenvalue weighted by Gasteiger charge is 2.22. The average Bonchev–Trinajstić information content (AvgIpc) is 3.66. The molecule has 0 atom stereocenters. The molecule has 262 valence electrons. The highest BCUT2D eigenvalue weighted by molar-refractivity contribution is 6.18. The molecule has 2 heterocycles. The smallest absolute Gasteiger partial charge is 0.161 e. The number of fused-ring (bicyclic) bond motifs is 7. The number of nitrogens with zero attached hydrogens (tertiary/aromatic N) is 2.